The molecule has 0 aliphatic carbocycles. The van der Waals surface area contributed by atoms with E-state index in [9.17, 15) is 72.9 Å². The monoisotopic (exact) mass is 1210 g/mol. The van der Waals surface area contributed by atoms with Gasteiger partial charge in [-0.25, -0.2) is 4.79 Å². The van der Waals surface area contributed by atoms with Crippen LogP contribution in [-0.2, 0) is 64.0 Å². The number of aromatic amines is 1. The first kappa shape index (κ1) is 70.1. The summed E-state index contributed by atoms with van der Waals surface area (Å²) in [5.41, 5.74) is 17.8. The number of hydrogen-bond donors (Lipinski definition) is 16. The number of aliphatic hydroxyl groups excluding tert-OH is 1. The number of aliphatic hydroxyl groups is 1. The largest absolute Gasteiger partial charge is 0.481 e. The molecule has 30 nitrogen and oxygen atoms in total. The lowest BCUT2D eigenvalue weighted by Gasteiger charge is -2.32. The van der Waals surface area contributed by atoms with Gasteiger partial charge in [0.1, 0.15) is 54.4 Å². The van der Waals surface area contributed by atoms with Crippen LogP contribution in [0.3, 0.4) is 0 Å². The number of primary amides is 1. The highest BCUT2D eigenvalue weighted by Gasteiger charge is 2.42. The number of nitrogens with one attached hydrogen (secondary N) is 10. The molecular weight excluding hydrogens is 1120 g/mol. The number of H-pyrrole nitrogens is 1. The van der Waals surface area contributed by atoms with Crippen molar-refractivity contribution in [2.75, 3.05) is 19.6 Å². The fourth-order valence-electron chi connectivity index (χ4n) is 10.1. The smallest absolute Gasteiger partial charge is 0.326 e. The number of likely N-dealkylation sites (tertiary alicyclic amines) is 1. The van der Waals surface area contributed by atoms with E-state index < -0.39 is 163 Å². The standard InChI is InChI=1S/C56H87N15O15/c1-27(2)23-37(48(78)67-39(55(85)86)24-31-26-62-33-14-9-8-13-32(31)33)65-49(79)38(25-41(57)73)66-53(83)45(30(7)72)70-50(80)40-17-12-22-71(40)54(84)36(18-19-42(74)75)64-47(77)35(16-11-21-61-56(58)59)63-51(81)43(28(3)4)69-52(82)44(29(5)6)68-46(76)34-15-10-20-60-34/h8-9,13-14,26-30,34-40,43-45,60,62,72H,10-12,15-25H2,1-7H3,(H2,57,73)(H,63,81)(H,64,77)(H,65,79)(H,66,83)(H,67,78)(H,68,76)(H,69,82)(H,70,80)(H,74,75)(H,85,86)(H4,58,59,61)/t30-,34+,35+,36+,37+,38+,39+,40+,43+,44+,45+/m1/s1. The second-order valence-electron chi connectivity index (χ2n) is 22.9. The summed E-state index contributed by atoms with van der Waals surface area (Å²) in [6, 6.07) is -6.62. The number of carbonyl (C=O) groups is 12. The number of para-hydroxylation sites is 1. The Morgan fingerprint density at radius 3 is 1.81 bits per heavy atom. The molecule has 4 rings (SSSR count). The van der Waals surface area contributed by atoms with Crippen molar-refractivity contribution in [2.45, 2.75) is 186 Å². The molecule has 476 valence electrons. The van der Waals surface area contributed by atoms with E-state index in [0.29, 0.717) is 18.5 Å². The van der Waals surface area contributed by atoms with Crippen molar-refractivity contribution >= 4 is 87.9 Å². The van der Waals surface area contributed by atoms with Crippen LogP contribution in [0.2, 0.25) is 0 Å². The van der Waals surface area contributed by atoms with Crippen molar-refractivity contribution in [3.63, 3.8) is 0 Å². The number of aliphatic carboxylic acids is 2. The van der Waals surface area contributed by atoms with Crippen LogP contribution in [0.1, 0.15) is 118 Å². The topological polar surface area (TPSA) is 483 Å². The van der Waals surface area contributed by atoms with Crippen LogP contribution in [0.4, 0.5) is 0 Å². The first-order valence-corrected chi connectivity index (χ1v) is 29.0. The van der Waals surface area contributed by atoms with Gasteiger partial charge in [-0.3, -0.25) is 57.7 Å². The minimum absolute atomic E-state index is 0.00347. The molecule has 0 spiro atoms. The molecule has 86 heavy (non-hydrogen) atoms. The Bertz CT molecular complexity index is 2780. The molecule has 2 aliphatic heterocycles. The molecule has 11 atom stereocenters. The molecule has 3 heterocycles. The molecule has 2 fully saturated rings. The molecule has 10 amide bonds. The average molecular weight is 1210 g/mol. The number of hydrogen-bond acceptors (Lipinski definition) is 15. The Morgan fingerprint density at radius 2 is 1.22 bits per heavy atom. The molecule has 19 N–H and O–H groups in total. The van der Waals surface area contributed by atoms with E-state index in [1.807, 2.05) is 0 Å². The van der Waals surface area contributed by atoms with Gasteiger partial charge in [0, 0.05) is 43.0 Å². The van der Waals surface area contributed by atoms with Crippen molar-refractivity contribution in [2.24, 2.45) is 39.9 Å². The third-order valence-electron chi connectivity index (χ3n) is 14.7. The molecule has 1 aromatic heterocycles. The first-order valence-electron chi connectivity index (χ1n) is 29.0. The third-order valence-corrected chi connectivity index (χ3v) is 14.7. The highest BCUT2D eigenvalue weighted by Crippen LogP contribution is 2.22. The predicted molar refractivity (Wildman–Crippen MR) is 312 cm³/mol. The van der Waals surface area contributed by atoms with Gasteiger partial charge in [0.05, 0.1) is 18.6 Å². The van der Waals surface area contributed by atoms with Crippen LogP contribution in [-0.4, -0.2) is 188 Å². The quantitative estimate of drug-likeness (QED) is 0.0188. The van der Waals surface area contributed by atoms with E-state index in [4.69, 9.17) is 17.2 Å². The molecule has 1 aromatic carbocycles. The van der Waals surface area contributed by atoms with Crippen molar-refractivity contribution in [3.05, 3.63) is 36.0 Å². The number of guanidine groups is 1. The highest BCUT2D eigenvalue weighted by atomic mass is 16.4. The molecule has 0 radical (unpaired) electrons. The van der Waals surface area contributed by atoms with E-state index in [0.717, 1.165) is 29.1 Å². The fraction of sp³-hybridized carbons (Fsp3) is 0.625. The Labute approximate surface area is 498 Å². The van der Waals surface area contributed by atoms with Gasteiger partial charge < -0.3 is 90.3 Å². The maximum Gasteiger partial charge on any atom is 0.326 e. The lowest BCUT2D eigenvalue weighted by Crippen LogP contribution is -2.62. The molecule has 2 aliphatic rings. The number of nitrogens with two attached hydrogens (primary N) is 3. The van der Waals surface area contributed by atoms with Gasteiger partial charge in [-0.15, -0.1) is 0 Å². The summed E-state index contributed by atoms with van der Waals surface area (Å²) in [7, 11) is 0. The zero-order chi connectivity index (χ0) is 64.1. The number of fused-ring (bicyclic) bond motifs is 1. The zero-order valence-corrected chi connectivity index (χ0v) is 49.7. The summed E-state index contributed by atoms with van der Waals surface area (Å²) in [4.78, 5) is 170. The number of carboxylic acid groups (broad SMARTS) is 2. The summed E-state index contributed by atoms with van der Waals surface area (Å²) in [5.74, 6) is -13.2. The summed E-state index contributed by atoms with van der Waals surface area (Å²) >= 11 is 0. The normalized spacial score (nSPS) is 18.0. The number of carboxylic acids is 2. The lowest BCUT2D eigenvalue weighted by atomic mass is 9.98. The van der Waals surface area contributed by atoms with Crippen molar-refractivity contribution < 1.29 is 72.9 Å². The average Bonchev–Trinajstić information content (AvgIpc) is 2.58. The van der Waals surface area contributed by atoms with Crippen LogP contribution in [0, 0.1) is 17.8 Å². The number of aromatic nitrogens is 1. The SMILES string of the molecule is CC(C)C[C@H](NC(=O)[C@H](CC(N)=O)NC(=O)[C@@H](NC(=O)[C@@H]1CCCN1C(=O)[C@H](CCC(=O)O)NC(=O)[C@H](CCCN=C(N)N)NC(=O)[C@@H](NC(=O)[C@@H](NC(=O)[C@@H]1CCCN1)C(C)C)C(C)C)[C@@H](C)O)C(=O)N[C@@H](Cc1c[nH]c2ccccc12)C(=O)O. The molecule has 30 heteroatoms. The molecule has 0 unspecified atom stereocenters. The number of rotatable bonds is 34. The van der Waals surface area contributed by atoms with Crippen molar-refractivity contribution in [1.82, 2.24) is 57.7 Å². The number of carbonyl (C=O) groups excluding carboxylic acids is 10. The summed E-state index contributed by atoms with van der Waals surface area (Å²) in [5, 5.41) is 54.8. The van der Waals surface area contributed by atoms with E-state index >= 15 is 0 Å². The highest BCUT2D eigenvalue weighted by molar-refractivity contribution is 6.00. The molecular formula is C56H87N15O15. The van der Waals surface area contributed by atoms with Gasteiger partial charge in [-0.05, 0) is 94.2 Å². The van der Waals surface area contributed by atoms with Crippen LogP contribution < -0.4 is 65.1 Å². The Balaban J connectivity index is 1.51. The van der Waals surface area contributed by atoms with Crippen molar-refractivity contribution in [1.29, 1.82) is 0 Å². The summed E-state index contributed by atoms with van der Waals surface area (Å²) in [6.45, 7) is 11.9. The van der Waals surface area contributed by atoms with Gasteiger partial charge in [-0.1, -0.05) is 59.7 Å². The second kappa shape index (κ2) is 33.3. The number of amides is 10. The second-order valence-corrected chi connectivity index (χ2v) is 22.9. The van der Waals surface area contributed by atoms with Gasteiger partial charge in [0.15, 0.2) is 5.96 Å². The molecule has 0 saturated carbocycles. The van der Waals surface area contributed by atoms with E-state index in [-0.39, 0.29) is 69.4 Å². The Kier molecular flexibility index (Phi) is 27.2. The molecule has 2 saturated heterocycles. The van der Waals surface area contributed by atoms with Crippen LogP contribution in [0.5, 0.6) is 0 Å². The number of aliphatic imine (C=N–C) groups is 1. The maximum atomic E-state index is 14.5. The third kappa shape index (κ3) is 21.3. The minimum Gasteiger partial charge on any atom is -0.481 e. The van der Waals surface area contributed by atoms with Gasteiger partial charge in [0.2, 0.25) is 59.1 Å². The lowest BCUT2D eigenvalue weighted by molar-refractivity contribution is -0.144. The number of nitrogens with zero attached hydrogens (tertiary/aromatic N) is 2. The van der Waals surface area contributed by atoms with Gasteiger partial charge in [-0.2, -0.15) is 0 Å². The van der Waals surface area contributed by atoms with Gasteiger partial charge in [0.25, 0.3) is 0 Å². The van der Waals surface area contributed by atoms with Crippen LogP contribution in [0.25, 0.3) is 10.9 Å². The zero-order valence-electron chi connectivity index (χ0n) is 49.7. The Hall–Kier alpha value is -8.41. The molecule has 2 aromatic rings. The fourth-order valence-corrected chi connectivity index (χ4v) is 10.1. The van der Waals surface area contributed by atoms with Crippen molar-refractivity contribution in [3.8, 4) is 0 Å². The summed E-state index contributed by atoms with van der Waals surface area (Å²) in [6.07, 6.45) is -0.749. The van der Waals surface area contributed by atoms with E-state index in [1.54, 1.807) is 72.0 Å². The minimum atomic E-state index is -1.87. The van der Waals surface area contributed by atoms with Gasteiger partial charge >= 0.3 is 11.9 Å². The Morgan fingerprint density at radius 1 is 0.651 bits per heavy atom. The first-order chi connectivity index (χ1) is 40.5. The molecule has 0 bridgehead atoms. The van der Waals surface area contributed by atoms with Crippen LogP contribution >= 0.6 is 0 Å². The predicted octanol–water partition coefficient (Wildman–Crippen LogP) is -3.05. The number of benzene rings is 1. The van der Waals surface area contributed by atoms with Crippen LogP contribution in [0.15, 0.2) is 35.5 Å². The summed E-state index contributed by atoms with van der Waals surface area (Å²) < 4.78 is 0. The van der Waals surface area contributed by atoms with E-state index in [1.165, 1.54) is 0 Å². The maximum absolute atomic E-state index is 14.5. The van der Waals surface area contributed by atoms with E-state index in [2.05, 4.69) is 57.8 Å².